The van der Waals surface area contributed by atoms with Gasteiger partial charge in [-0.25, -0.2) is 0 Å². The maximum Gasteiger partial charge on any atom is 0.269 e. The molecule has 0 heterocycles. The minimum Gasteiger partial charge on any atom is -0.340 e. The van der Waals surface area contributed by atoms with E-state index in [1.54, 1.807) is 30.3 Å². The molecular weight excluding hydrogens is 390 g/mol. The van der Waals surface area contributed by atoms with E-state index in [-0.39, 0.29) is 12.3 Å². The second-order valence-electron chi connectivity index (χ2n) is 7.34. The maximum atomic E-state index is 12.8. The molecule has 0 aliphatic carbocycles. The molecule has 31 heavy (non-hydrogen) atoms. The van der Waals surface area contributed by atoms with E-state index in [0.717, 1.165) is 16.7 Å². The fraction of sp³-hybridized carbons (Fsp3) is 0.160. The van der Waals surface area contributed by atoms with Crippen molar-refractivity contribution in [1.82, 2.24) is 16.2 Å². The topological polar surface area (TPSA) is 87.3 Å². The van der Waals surface area contributed by atoms with E-state index in [0.29, 0.717) is 11.1 Å². The van der Waals surface area contributed by atoms with Gasteiger partial charge in [0.25, 0.3) is 17.7 Å². The maximum absolute atomic E-state index is 12.8. The Balaban J connectivity index is 1.70. The summed E-state index contributed by atoms with van der Waals surface area (Å²) >= 11 is 0. The van der Waals surface area contributed by atoms with Crippen LogP contribution in [0.2, 0.25) is 0 Å². The van der Waals surface area contributed by atoms with Gasteiger partial charge < -0.3 is 5.32 Å². The van der Waals surface area contributed by atoms with E-state index in [4.69, 9.17) is 0 Å². The Labute approximate surface area is 181 Å². The highest BCUT2D eigenvalue weighted by Crippen LogP contribution is 2.10. The predicted octanol–water partition coefficient (Wildman–Crippen LogP) is 3.11. The normalized spacial score (nSPS) is 11.3. The summed E-state index contributed by atoms with van der Waals surface area (Å²) in [7, 11) is 0. The van der Waals surface area contributed by atoms with Crippen LogP contribution < -0.4 is 16.2 Å². The molecule has 0 aromatic heterocycles. The van der Waals surface area contributed by atoms with Crippen molar-refractivity contribution in [2.24, 2.45) is 0 Å². The molecule has 3 N–H and O–H groups in total. The number of carbonyl (C=O) groups excluding carboxylic acids is 3. The fourth-order valence-electron chi connectivity index (χ4n) is 3.23. The molecule has 0 aliphatic heterocycles. The van der Waals surface area contributed by atoms with Gasteiger partial charge in [-0.2, -0.15) is 0 Å². The van der Waals surface area contributed by atoms with Crippen LogP contribution in [0.15, 0.2) is 78.9 Å². The molecule has 0 saturated carbocycles. The lowest BCUT2D eigenvalue weighted by Gasteiger charge is -2.19. The molecule has 0 bridgehead atoms. The van der Waals surface area contributed by atoms with Gasteiger partial charge in [0.05, 0.1) is 0 Å². The van der Waals surface area contributed by atoms with Crippen LogP contribution in [0.1, 0.15) is 37.4 Å². The van der Waals surface area contributed by atoms with E-state index in [1.165, 1.54) is 0 Å². The third-order valence-electron chi connectivity index (χ3n) is 4.87. The summed E-state index contributed by atoms with van der Waals surface area (Å²) in [5.74, 6) is -1.29. The molecule has 0 fully saturated rings. The molecule has 0 aliphatic rings. The third kappa shape index (κ3) is 6.02. The Morgan fingerprint density at radius 3 is 2.06 bits per heavy atom. The molecule has 3 aromatic rings. The molecule has 3 amide bonds. The van der Waals surface area contributed by atoms with Gasteiger partial charge in [0.2, 0.25) is 0 Å². The predicted molar refractivity (Wildman–Crippen MR) is 119 cm³/mol. The lowest BCUT2D eigenvalue weighted by Crippen LogP contribution is -2.53. The number of hydrazine groups is 1. The second kappa shape index (κ2) is 10.2. The minimum atomic E-state index is -0.866. The first kappa shape index (κ1) is 21.8. The quantitative estimate of drug-likeness (QED) is 0.541. The number of carbonyl (C=O) groups is 3. The van der Waals surface area contributed by atoms with Gasteiger partial charge in [0.1, 0.15) is 6.04 Å². The van der Waals surface area contributed by atoms with Crippen LogP contribution in [0, 0.1) is 13.8 Å². The number of aryl methyl sites for hydroxylation is 2. The number of rotatable bonds is 6. The van der Waals surface area contributed by atoms with Crippen molar-refractivity contribution in [3.05, 3.63) is 107 Å². The first-order valence-corrected chi connectivity index (χ1v) is 10.0. The van der Waals surface area contributed by atoms with Gasteiger partial charge in [-0.05, 0) is 43.2 Å². The van der Waals surface area contributed by atoms with Crippen molar-refractivity contribution >= 4 is 17.7 Å². The van der Waals surface area contributed by atoms with Gasteiger partial charge >= 0.3 is 0 Å². The molecule has 0 unspecified atom stereocenters. The van der Waals surface area contributed by atoms with E-state index >= 15 is 0 Å². The monoisotopic (exact) mass is 415 g/mol. The molecular formula is C25H25N3O3. The molecule has 3 aromatic carbocycles. The van der Waals surface area contributed by atoms with Crippen molar-refractivity contribution in [3.63, 3.8) is 0 Å². The van der Waals surface area contributed by atoms with Crippen LogP contribution >= 0.6 is 0 Å². The average Bonchev–Trinajstić information content (AvgIpc) is 2.78. The molecule has 3 rings (SSSR count). The Morgan fingerprint density at radius 2 is 1.42 bits per heavy atom. The largest absolute Gasteiger partial charge is 0.340 e. The van der Waals surface area contributed by atoms with Gasteiger partial charge in [-0.15, -0.1) is 0 Å². The van der Waals surface area contributed by atoms with Crippen molar-refractivity contribution in [2.45, 2.75) is 26.3 Å². The molecule has 0 radical (unpaired) electrons. The van der Waals surface area contributed by atoms with E-state index in [9.17, 15) is 14.4 Å². The zero-order valence-electron chi connectivity index (χ0n) is 17.5. The van der Waals surface area contributed by atoms with Crippen LogP contribution in [-0.2, 0) is 11.2 Å². The Bertz CT molecular complexity index is 1070. The van der Waals surface area contributed by atoms with Crippen LogP contribution in [0.5, 0.6) is 0 Å². The van der Waals surface area contributed by atoms with Crippen molar-refractivity contribution in [2.75, 3.05) is 0 Å². The standard InChI is InChI=1S/C25H25N3O3/c1-17-13-14-21(18(2)15-17)24(30)27-28-25(31)22(16-19-9-5-3-6-10-19)26-23(29)20-11-7-4-8-12-20/h3-15,22H,16H2,1-2H3,(H,26,29)(H,27,30)(H,28,31)/t22-/m0/s1. The molecule has 1 atom stereocenters. The number of nitrogens with one attached hydrogen (secondary N) is 3. The third-order valence-corrected chi connectivity index (χ3v) is 4.87. The molecule has 6 heteroatoms. The summed E-state index contributed by atoms with van der Waals surface area (Å²) in [5, 5.41) is 2.76. The summed E-state index contributed by atoms with van der Waals surface area (Å²) in [6.45, 7) is 3.78. The minimum absolute atomic E-state index is 0.282. The zero-order valence-corrected chi connectivity index (χ0v) is 17.5. The lowest BCUT2D eigenvalue weighted by atomic mass is 10.0. The summed E-state index contributed by atoms with van der Waals surface area (Å²) < 4.78 is 0. The van der Waals surface area contributed by atoms with Gasteiger partial charge in [0, 0.05) is 17.5 Å². The van der Waals surface area contributed by atoms with Crippen molar-refractivity contribution in [3.8, 4) is 0 Å². The Hall–Kier alpha value is -3.93. The first-order chi connectivity index (χ1) is 14.9. The van der Waals surface area contributed by atoms with E-state index in [2.05, 4.69) is 16.2 Å². The SMILES string of the molecule is Cc1ccc(C(=O)NNC(=O)[C@H](Cc2ccccc2)NC(=O)c2ccccc2)c(C)c1. The lowest BCUT2D eigenvalue weighted by molar-refractivity contribution is -0.123. The van der Waals surface area contributed by atoms with Crippen LogP contribution in [0.3, 0.4) is 0 Å². The summed E-state index contributed by atoms with van der Waals surface area (Å²) in [5.41, 5.74) is 8.56. The highest BCUT2D eigenvalue weighted by atomic mass is 16.2. The van der Waals surface area contributed by atoms with Crippen LogP contribution in [-0.4, -0.2) is 23.8 Å². The number of hydrogen-bond acceptors (Lipinski definition) is 3. The van der Waals surface area contributed by atoms with Crippen LogP contribution in [0.25, 0.3) is 0 Å². The highest BCUT2D eigenvalue weighted by Gasteiger charge is 2.23. The van der Waals surface area contributed by atoms with Gasteiger partial charge in [0.15, 0.2) is 0 Å². The Kier molecular flexibility index (Phi) is 7.17. The fourth-order valence-corrected chi connectivity index (χ4v) is 3.23. The van der Waals surface area contributed by atoms with E-state index in [1.807, 2.05) is 62.4 Å². The summed E-state index contributed by atoms with van der Waals surface area (Å²) in [4.78, 5) is 37.9. The molecule has 158 valence electrons. The van der Waals surface area contributed by atoms with E-state index < -0.39 is 17.9 Å². The second-order valence-corrected chi connectivity index (χ2v) is 7.34. The number of hydrogen-bond donors (Lipinski definition) is 3. The number of amides is 3. The van der Waals surface area contributed by atoms with Gasteiger partial charge in [-0.1, -0.05) is 66.2 Å². The van der Waals surface area contributed by atoms with Gasteiger partial charge in [-0.3, -0.25) is 25.2 Å². The first-order valence-electron chi connectivity index (χ1n) is 10.0. The van der Waals surface area contributed by atoms with Crippen molar-refractivity contribution in [1.29, 1.82) is 0 Å². The average molecular weight is 415 g/mol. The zero-order chi connectivity index (χ0) is 22.2. The highest BCUT2D eigenvalue weighted by molar-refractivity contribution is 5.99. The Morgan fingerprint density at radius 1 is 0.774 bits per heavy atom. The van der Waals surface area contributed by atoms with Crippen molar-refractivity contribution < 1.29 is 14.4 Å². The number of benzene rings is 3. The molecule has 0 spiro atoms. The van der Waals surface area contributed by atoms with Crippen LogP contribution in [0.4, 0.5) is 0 Å². The smallest absolute Gasteiger partial charge is 0.269 e. The molecule has 6 nitrogen and oxygen atoms in total. The summed E-state index contributed by atoms with van der Waals surface area (Å²) in [6, 6.07) is 22.6. The summed E-state index contributed by atoms with van der Waals surface area (Å²) in [6.07, 6.45) is 0.282. The molecule has 0 saturated heterocycles.